The van der Waals surface area contributed by atoms with Gasteiger partial charge in [-0.25, -0.2) is 0 Å². The maximum absolute atomic E-state index is 4.16. The molecule has 0 aliphatic carbocycles. The van der Waals surface area contributed by atoms with Crippen molar-refractivity contribution in [2.24, 2.45) is 0 Å². The SMILES string of the molecule is CCSCCC(C)NCCn1cccn1. The molecule has 1 aromatic rings. The van der Waals surface area contributed by atoms with Gasteiger partial charge < -0.3 is 5.32 Å². The largest absolute Gasteiger partial charge is 0.312 e. The predicted octanol–water partition coefficient (Wildman–Crippen LogP) is 2.00. The first-order valence-corrected chi connectivity index (χ1v) is 6.77. The minimum atomic E-state index is 0.611. The van der Waals surface area contributed by atoms with Crippen LogP contribution in [0.4, 0.5) is 0 Å². The molecule has 3 nitrogen and oxygen atoms in total. The highest BCUT2D eigenvalue weighted by Gasteiger charge is 2.00. The van der Waals surface area contributed by atoms with Gasteiger partial charge in [-0.3, -0.25) is 4.68 Å². The van der Waals surface area contributed by atoms with Gasteiger partial charge in [0.25, 0.3) is 0 Å². The summed E-state index contributed by atoms with van der Waals surface area (Å²) in [4.78, 5) is 0. The molecule has 0 aliphatic rings. The molecule has 0 radical (unpaired) electrons. The first-order chi connectivity index (χ1) is 7.33. The van der Waals surface area contributed by atoms with E-state index in [1.54, 1.807) is 0 Å². The molecule has 0 aliphatic heterocycles. The Labute approximate surface area is 96.6 Å². The van der Waals surface area contributed by atoms with Crippen molar-refractivity contribution in [2.75, 3.05) is 18.1 Å². The van der Waals surface area contributed by atoms with E-state index in [4.69, 9.17) is 0 Å². The van der Waals surface area contributed by atoms with Crippen LogP contribution in [0.1, 0.15) is 20.3 Å². The van der Waals surface area contributed by atoms with Crippen molar-refractivity contribution in [1.82, 2.24) is 15.1 Å². The average Bonchev–Trinajstić information content (AvgIpc) is 2.71. The summed E-state index contributed by atoms with van der Waals surface area (Å²) in [5, 5.41) is 7.67. The van der Waals surface area contributed by atoms with E-state index in [2.05, 4.69) is 24.3 Å². The molecule has 1 heterocycles. The van der Waals surface area contributed by atoms with Crippen molar-refractivity contribution in [1.29, 1.82) is 0 Å². The van der Waals surface area contributed by atoms with E-state index < -0.39 is 0 Å². The normalized spacial score (nSPS) is 12.9. The Morgan fingerprint density at radius 1 is 1.53 bits per heavy atom. The second-order valence-corrected chi connectivity index (χ2v) is 5.00. The first-order valence-electron chi connectivity index (χ1n) is 5.61. The summed E-state index contributed by atoms with van der Waals surface area (Å²) in [6.07, 6.45) is 5.07. The van der Waals surface area contributed by atoms with Crippen molar-refractivity contribution >= 4 is 11.8 Å². The third-order valence-electron chi connectivity index (χ3n) is 2.29. The Bertz CT molecular complexity index is 236. The van der Waals surface area contributed by atoms with Crippen molar-refractivity contribution in [2.45, 2.75) is 32.9 Å². The van der Waals surface area contributed by atoms with Crippen molar-refractivity contribution in [3.05, 3.63) is 18.5 Å². The molecule has 1 rings (SSSR count). The van der Waals surface area contributed by atoms with Crippen LogP contribution in [-0.2, 0) is 6.54 Å². The van der Waals surface area contributed by atoms with Crippen molar-refractivity contribution in [3.8, 4) is 0 Å². The Balaban J connectivity index is 1.99. The van der Waals surface area contributed by atoms with Crippen LogP contribution in [0.15, 0.2) is 18.5 Å². The molecule has 1 unspecified atom stereocenters. The minimum Gasteiger partial charge on any atom is -0.312 e. The zero-order valence-corrected chi connectivity index (χ0v) is 10.5. The molecule has 0 fully saturated rings. The average molecular weight is 227 g/mol. The molecular weight excluding hydrogens is 206 g/mol. The van der Waals surface area contributed by atoms with E-state index in [-0.39, 0.29) is 0 Å². The van der Waals surface area contributed by atoms with Gasteiger partial charge >= 0.3 is 0 Å². The fraction of sp³-hybridized carbons (Fsp3) is 0.727. The van der Waals surface area contributed by atoms with Gasteiger partial charge in [-0.05, 0) is 30.9 Å². The maximum atomic E-state index is 4.16. The Hall–Kier alpha value is -0.480. The fourth-order valence-corrected chi connectivity index (χ4v) is 2.17. The van der Waals surface area contributed by atoms with Crippen LogP contribution < -0.4 is 5.32 Å². The number of nitrogens with one attached hydrogen (secondary N) is 1. The summed E-state index contributed by atoms with van der Waals surface area (Å²) < 4.78 is 1.96. The number of hydrogen-bond acceptors (Lipinski definition) is 3. The van der Waals surface area contributed by atoms with E-state index in [1.165, 1.54) is 17.9 Å². The molecule has 0 spiro atoms. The smallest absolute Gasteiger partial charge is 0.0534 e. The van der Waals surface area contributed by atoms with E-state index in [1.807, 2.05) is 34.9 Å². The van der Waals surface area contributed by atoms with Gasteiger partial charge in [0.2, 0.25) is 0 Å². The van der Waals surface area contributed by atoms with E-state index in [0.717, 1.165) is 13.1 Å². The zero-order valence-electron chi connectivity index (χ0n) is 9.65. The lowest BCUT2D eigenvalue weighted by molar-refractivity contribution is 0.489. The second kappa shape index (κ2) is 7.77. The molecule has 15 heavy (non-hydrogen) atoms. The van der Waals surface area contributed by atoms with Crippen LogP contribution in [0, 0.1) is 0 Å². The van der Waals surface area contributed by atoms with Gasteiger partial charge in [0.15, 0.2) is 0 Å². The highest BCUT2D eigenvalue weighted by molar-refractivity contribution is 7.99. The predicted molar refractivity (Wildman–Crippen MR) is 67.3 cm³/mol. The molecule has 0 saturated carbocycles. The molecule has 1 atom stereocenters. The van der Waals surface area contributed by atoms with Crippen LogP contribution in [0.2, 0.25) is 0 Å². The molecule has 0 saturated heterocycles. The fourth-order valence-electron chi connectivity index (χ4n) is 1.36. The van der Waals surface area contributed by atoms with Crippen LogP contribution >= 0.6 is 11.8 Å². The number of aromatic nitrogens is 2. The van der Waals surface area contributed by atoms with Crippen LogP contribution in [0.3, 0.4) is 0 Å². The van der Waals surface area contributed by atoms with Crippen LogP contribution in [-0.4, -0.2) is 33.9 Å². The zero-order chi connectivity index (χ0) is 10.9. The summed E-state index contributed by atoms with van der Waals surface area (Å²) >= 11 is 2.01. The van der Waals surface area contributed by atoms with Crippen LogP contribution in [0.25, 0.3) is 0 Å². The van der Waals surface area contributed by atoms with E-state index in [9.17, 15) is 0 Å². The number of rotatable bonds is 8. The lowest BCUT2D eigenvalue weighted by Crippen LogP contribution is -2.29. The molecule has 1 N–H and O–H groups in total. The Morgan fingerprint density at radius 2 is 2.40 bits per heavy atom. The number of thioether (sulfide) groups is 1. The highest BCUT2D eigenvalue weighted by atomic mass is 32.2. The molecule has 4 heteroatoms. The lowest BCUT2D eigenvalue weighted by Gasteiger charge is -2.13. The summed E-state index contributed by atoms with van der Waals surface area (Å²) in [6.45, 7) is 6.41. The lowest BCUT2D eigenvalue weighted by atomic mass is 10.2. The first kappa shape index (κ1) is 12.6. The molecule has 0 aromatic carbocycles. The van der Waals surface area contributed by atoms with Gasteiger partial charge in [-0.2, -0.15) is 16.9 Å². The summed E-state index contributed by atoms with van der Waals surface area (Å²) in [7, 11) is 0. The second-order valence-electron chi connectivity index (χ2n) is 3.61. The Kier molecular flexibility index (Phi) is 6.52. The monoisotopic (exact) mass is 227 g/mol. The van der Waals surface area contributed by atoms with Gasteiger partial charge in [-0.15, -0.1) is 0 Å². The molecule has 0 amide bonds. The van der Waals surface area contributed by atoms with Gasteiger partial charge in [0, 0.05) is 25.0 Å². The molecule has 86 valence electrons. The molecular formula is C11H21N3S. The molecule has 1 aromatic heterocycles. The third kappa shape index (κ3) is 5.85. The quantitative estimate of drug-likeness (QED) is 0.689. The van der Waals surface area contributed by atoms with Gasteiger partial charge in [0.05, 0.1) is 6.54 Å². The number of nitrogens with zero attached hydrogens (tertiary/aromatic N) is 2. The van der Waals surface area contributed by atoms with Crippen molar-refractivity contribution in [3.63, 3.8) is 0 Å². The third-order valence-corrected chi connectivity index (χ3v) is 3.22. The van der Waals surface area contributed by atoms with Gasteiger partial charge in [0.1, 0.15) is 0 Å². The minimum absolute atomic E-state index is 0.611. The summed E-state index contributed by atoms with van der Waals surface area (Å²) in [6, 6.07) is 2.57. The number of hydrogen-bond donors (Lipinski definition) is 1. The highest BCUT2D eigenvalue weighted by Crippen LogP contribution is 2.03. The van der Waals surface area contributed by atoms with Crippen molar-refractivity contribution < 1.29 is 0 Å². The maximum Gasteiger partial charge on any atom is 0.0534 e. The summed E-state index contributed by atoms with van der Waals surface area (Å²) in [5.41, 5.74) is 0. The van der Waals surface area contributed by atoms with E-state index in [0.29, 0.717) is 6.04 Å². The van der Waals surface area contributed by atoms with E-state index >= 15 is 0 Å². The van der Waals surface area contributed by atoms with Gasteiger partial charge in [-0.1, -0.05) is 6.92 Å². The standard InChI is InChI=1S/C11H21N3S/c1-3-15-10-5-11(2)12-7-9-14-8-4-6-13-14/h4,6,8,11-12H,3,5,7,9-10H2,1-2H3. The Morgan fingerprint density at radius 3 is 3.07 bits per heavy atom. The summed E-state index contributed by atoms with van der Waals surface area (Å²) in [5.74, 6) is 2.48. The topological polar surface area (TPSA) is 29.9 Å². The molecule has 0 bridgehead atoms. The van der Waals surface area contributed by atoms with Crippen LogP contribution in [0.5, 0.6) is 0 Å².